The van der Waals surface area contributed by atoms with E-state index in [1.807, 2.05) is 0 Å². The minimum Gasteiger partial charge on any atom is -0.409 e. The van der Waals surface area contributed by atoms with E-state index in [1.165, 1.54) is 18.9 Å². The van der Waals surface area contributed by atoms with Crippen LogP contribution in [0.2, 0.25) is 0 Å². The predicted molar refractivity (Wildman–Crippen MR) is 80.9 cm³/mol. The van der Waals surface area contributed by atoms with Crippen LogP contribution in [0.3, 0.4) is 0 Å². The number of rotatable bonds is 6. The van der Waals surface area contributed by atoms with Gasteiger partial charge in [0.15, 0.2) is 5.84 Å². The van der Waals surface area contributed by atoms with Gasteiger partial charge in [-0.1, -0.05) is 17.3 Å². The largest absolute Gasteiger partial charge is 0.409 e. The van der Waals surface area contributed by atoms with Crippen molar-refractivity contribution in [1.29, 1.82) is 0 Å². The van der Waals surface area contributed by atoms with Crippen LogP contribution < -0.4 is 11.1 Å². The van der Waals surface area contributed by atoms with Crippen LogP contribution in [-0.2, 0) is 6.54 Å². The summed E-state index contributed by atoms with van der Waals surface area (Å²) in [5.41, 5.74) is 6.40. The van der Waals surface area contributed by atoms with Crippen LogP contribution in [0.4, 0.5) is 4.39 Å². The van der Waals surface area contributed by atoms with Crippen LogP contribution in [-0.4, -0.2) is 41.6 Å². The lowest BCUT2D eigenvalue weighted by atomic mass is 10.1. The third-order valence-corrected chi connectivity index (χ3v) is 3.83. The number of hydrogen-bond acceptors (Lipinski definition) is 4. The highest BCUT2D eigenvalue weighted by Gasteiger charge is 2.14. The van der Waals surface area contributed by atoms with Gasteiger partial charge in [-0.25, -0.2) is 4.39 Å². The molecule has 0 spiro atoms. The van der Waals surface area contributed by atoms with Crippen molar-refractivity contribution in [3.8, 4) is 0 Å². The Bertz CT molecular complexity index is 500. The Labute approximate surface area is 124 Å². The van der Waals surface area contributed by atoms with E-state index >= 15 is 0 Å². The van der Waals surface area contributed by atoms with Crippen LogP contribution in [0.1, 0.15) is 30.9 Å². The fourth-order valence-electron chi connectivity index (χ4n) is 2.61. The molecule has 0 amide bonds. The summed E-state index contributed by atoms with van der Waals surface area (Å²) in [6.07, 6.45) is 2.55. The molecule has 1 saturated heterocycles. The molecule has 1 aliphatic rings. The molecule has 1 unspecified atom stereocenters. The standard InChI is InChI=1S/C15H23FN4O/c1-11(10-20-6-2-3-7-20)18-9-13-5-4-12(8-14(13)16)15(17)19-21/h4-5,8,11,18,21H,2-3,6-7,9-10H2,1H3,(H2,17,19). The Balaban J connectivity index is 1.87. The molecule has 1 heterocycles. The summed E-state index contributed by atoms with van der Waals surface area (Å²) in [5, 5.41) is 14.8. The van der Waals surface area contributed by atoms with Gasteiger partial charge in [0.1, 0.15) is 5.82 Å². The quantitative estimate of drug-likeness (QED) is 0.322. The molecule has 6 heteroatoms. The highest BCUT2D eigenvalue weighted by molar-refractivity contribution is 5.97. The normalized spacial score (nSPS) is 18.1. The zero-order chi connectivity index (χ0) is 15.2. The van der Waals surface area contributed by atoms with Crippen molar-refractivity contribution >= 4 is 5.84 Å². The molecule has 5 nitrogen and oxygen atoms in total. The minimum absolute atomic E-state index is 0.0872. The molecule has 1 atom stereocenters. The zero-order valence-electron chi connectivity index (χ0n) is 12.3. The van der Waals surface area contributed by atoms with Crippen molar-refractivity contribution in [3.05, 3.63) is 35.1 Å². The zero-order valence-corrected chi connectivity index (χ0v) is 12.3. The lowest BCUT2D eigenvalue weighted by Crippen LogP contribution is -2.37. The van der Waals surface area contributed by atoms with E-state index in [0.29, 0.717) is 23.7 Å². The second-order valence-corrected chi connectivity index (χ2v) is 5.58. The maximum absolute atomic E-state index is 14.0. The average Bonchev–Trinajstić information content (AvgIpc) is 2.98. The Kier molecular flexibility index (Phi) is 5.52. The van der Waals surface area contributed by atoms with Gasteiger partial charge in [0.2, 0.25) is 0 Å². The summed E-state index contributed by atoms with van der Waals surface area (Å²) in [7, 11) is 0. The number of hydrogen-bond donors (Lipinski definition) is 3. The van der Waals surface area contributed by atoms with E-state index in [0.717, 1.165) is 19.6 Å². The molecule has 2 rings (SSSR count). The number of benzene rings is 1. The summed E-state index contributed by atoms with van der Waals surface area (Å²) in [6.45, 7) is 5.89. The summed E-state index contributed by atoms with van der Waals surface area (Å²) < 4.78 is 14.0. The van der Waals surface area contributed by atoms with Gasteiger partial charge in [0.25, 0.3) is 0 Å². The van der Waals surface area contributed by atoms with Crippen molar-refractivity contribution in [2.75, 3.05) is 19.6 Å². The Morgan fingerprint density at radius 3 is 2.81 bits per heavy atom. The first-order valence-electron chi connectivity index (χ1n) is 7.32. The van der Waals surface area contributed by atoms with Crippen LogP contribution >= 0.6 is 0 Å². The van der Waals surface area contributed by atoms with Gasteiger partial charge in [-0.3, -0.25) is 0 Å². The fraction of sp³-hybridized carbons (Fsp3) is 0.533. The molecule has 1 aromatic carbocycles. The molecule has 0 radical (unpaired) electrons. The number of nitrogens with zero attached hydrogens (tertiary/aromatic N) is 2. The third kappa shape index (κ3) is 4.41. The summed E-state index contributed by atoms with van der Waals surface area (Å²) in [4.78, 5) is 2.43. The number of oxime groups is 1. The first-order chi connectivity index (χ1) is 10.1. The number of nitrogens with two attached hydrogens (primary N) is 1. The van der Waals surface area contributed by atoms with E-state index in [2.05, 4.69) is 22.3 Å². The highest BCUT2D eigenvalue weighted by atomic mass is 19.1. The molecular formula is C15H23FN4O. The number of likely N-dealkylation sites (tertiary alicyclic amines) is 1. The van der Waals surface area contributed by atoms with Crippen molar-refractivity contribution in [2.45, 2.75) is 32.4 Å². The van der Waals surface area contributed by atoms with Gasteiger partial charge >= 0.3 is 0 Å². The molecule has 4 N–H and O–H groups in total. The lowest BCUT2D eigenvalue weighted by molar-refractivity contribution is 0.297. The van der Waals surface area contributed by atoms with Crippen molar-refractivity contribution in [2.24, 2.45) is 10.9 Å². The highest BCUT2D eigenvalue weighted by Crippen LogP contribution is 2.11. The predicted octanol–water partition coefficient (Wildman–Crippen LogP) is 1.49. The smallest absolute Gasteiger partial charge is 0.170 e. The van der Waals surface area contributed by atoms with Crippen LogP contribution in [0.5, 0.6) is 0 Å². The summed E-state index contributed by atoms with van der Waals surface area (Å²) >= 11 is 0. The van der Waals surface area contributed by atoms with Gasteiger partial charge in [-0.2, -0.15) is 0 Å². The van der Waals surface area contributed by atoms with Gasteiger partial charge in [-0.15, -0.1) is 0 Å². The minimum atomic E-state index is -0.347. The van der Waals surface area contributed by atoms with Gasteiger partial charge in [0.05, 0.1) is 0 Å². The number of halogens is 1. The fourth-order valence-corrected chi connectivity index (χ4v) is 2.61. The van der Waals surface area contributed by atoms with E-state index in [4.69, 9.17) is 10.9 Å². The first kappa shape index (κ1) is 15.7. The second kappa shape index (κ2) is 7.38. The lowest BCUT2D eigenvalue weighted by Gasteiger charge is -2.21. The van der Waals surface area contributed by atoms with Crippen molar-refractivity contribution < 1.29 is 9.60 Å². The maximum Gasteiger partial charge on any atom is 0.170 e. The summed E-state index contributed by atoms with van der Waals surface area (Å²) in [5.74, 6) is -0.434. The second-order valence-electron chi connectivity index (χ2n) is 5.58. The Morgan fingerprint density at radius 1 is 1.48 bits per heavy atom. The number of amidine groups is 1. The molecule has 1 aromatic rings. The van der Waals surface area contributed by atoms with Crippen LogP contribution in [0.15, 0.2) is 23.4 Å². The first-order valence-corrected chi connectivity index (χ1v) is 7.32. The van der Waals surface area contributed by atoms with Gasteiger partial charge in [0, 0.05) is 30.3 Å². The molecule has 21 heavy (non-hydrogen) atoms. The van der Waals surface area contributed by atoms with Crippen molar-refractivity contribution in [1.82, 2.24) is 10.2 Å². The Hall–Kier alpha value is -1.66. The van der Waals surface area contributed by atoms with Gasteiger partial charge < -0.3 is 21.2 Å². The van der Waals surface area contributed by atoms with E-state index < -0.39 is 0 Å². The maximum atomic E-state index is 14.0. The van der Waals surface area contributed by atoms with Crippen LogP contribution in [0.25, 0.3) is 0 Å². The monoisotopic (exact) mass is 294 g/mol. The number of nitrogens with one attached hydrogen (secondary N) is 1. The Morgan fingerprint density at radius 2 is 2.19 bits per heavy atom. The third-order valence-electron chi connectivity index (χ3n) is 3.83. The van der Waals surface area contributed by atoms with E-state index in [9.17, 15) is 4.39 Å². The molecule has 0 saturated carbocycles. The molecule has 0 aliphatic carbocycles. The molecule has 0 bridgehead atoms. The summed E-state index contributed by atoms with van der Waals surface area (Å²) in [6, 6.07) is 4.92. The molecule has 0 aromatic heterocycles. The van der Waals surface area contributed by atoms with Gasteiger partial charge in [-0.05, 0) is 38.9 Å². The molecule has 1 aliphatic heterocycles. The van der Waals surface area contributed by atoms with Crippen LogP contribution in [0, 0.1) is 5.82 Å². The average molecular weight is 294 g/mol. The van der Waals surface area contributed by atoms with E-state index in [-0.39, 0.29) is 11.7 Å². The molecular weight excluding hydrogens is 271 g/mol. The molecule has 116 valence electrons. The van der Waals surface area contributed by atoms with E-state index in [1.54, 1.807) is 12.1 Å². The topological polar surface area (TPSA) is 73.9 Å². The van der Waals surface area contributed by atoms with Crippen molar-refractivity contribution in [3.63, 3.8) is 0 Å². The SMILES string of the molecule is CC(CN1CCCC1)NCc1ccc(C(N)=NO)cc1F. The molecule has 1 fully saturated rings.